The van der Waals surface area contributed by atoms with Crippen LogP contribution in [-0.4, -0.2) is 90.5 Å². The molecule has 3 amide bonds. The van der Waals surface area contributed by atoms with Crippen molar-refractivity contribution in [2.24, 2.45) is 0 Å². The lowest BCUT2D eigenvalue weighted by Gasteiger charge is -2.39. The SMILES string of the molecule is O=C(CN1CC2(CCOCC2)Oc2ccccc2C1=O)N1CCN(C(=O)c2ccco2)CC1. The minimum atomic E-state index is -0.561. The van der Waals surface area contributed by atoms with Crippen LogP contribution in [0.5, 0.6) is 5.75 Å². The zero-order valence-electron chi connectivity index (χ0n) is 18.4. The Morgan fingerprint density at radius 3 is 2.39 bits per heavy atom. The molecule has 3 aliphatic heterocycles. The fourth-order valence-electron chi connectivity index (χ4n) is 4.70. The van der Waals surface area contributed by atoms with Crippen LogP contribution in [0.1, 0.15) is 33.8 Å². The van der Waals surface area contributed by atoms with E-state index in [0.717, 1.165) is 0 Å². The fraction of sp³-hybridized carbons (Fsp3) is 0.458. The van der Waals surface area contributed by atoms with Gasteiger partial charge in [-0.1, -0.05) is 12.1 Å². The van der Waals surface area contributed by atoms with Crippen molar-refractivity contribution in [2.45, 2.75) is 18.4 Å². The summed E-state index contributed by atoms with van der Waals surface area (Å²) in [6.07, 6.45) is 2.79. The highest BCUT2D eigenvalue weighted by Gasteiger charge is 2.42. The maximum absolute atomic E-state index is 13.3. The van der Waals surface area contributed by atoms with E-state index < -0.39 is 5.60 Å². The van der Waals surface area contributed by atoms with Crippen molar-refractivity contribution in [1.82, 2.24) is 14.7 Å². The van der Waals surface area contributed by atoms with Crippen LogP contribution >= 0.6 is 0 Å². The van der Waals surface area contributed by atoms with Crippen molar-refractivity contribution >= 4 is 17.7 Å². The lowest BCUT2D eigenvalue weighted by molar-refractivity contribution is -0.134. The van der Waals surface area contributed by atoms with Gasteiger partial charge in [0, 0.05) is 39.0 Å². The first-order valence-corrected chi connectivity index (χ1v) is 11.3. The minimum Gasteiger partial charge on any atom is -0.484 e. The Kier molecular flexibility index (Phi) is 5.80. The van der Waals surface area contributed by atoms with E-state index in [-0.39, 0.29) is 24.3 Å². The second-order valence-electron chi connectivity index (χ2n) is 8.71. The first-order chi connectivity index (χ1) is 16.0. The monoisotopic (exact) mass is 453 g/mol. The number of nitrogens with zero attached hydrogens (tertiary/aromatic N) is 3. The molecule has 0 aliphatic carbocycles. The molecule has 0 saturated carbocycles. The maximum atomic E-state index is 13.3. The van der Waals surface area contributed by atoms with Gasteiger partial charge in [-0.05, 0) is 24.3 Å². The molecule has 2 aromatic rings. The predicted octanol–water partition coefficient (Wildman–Crippen LogP) is 1.65. The van der Waals surface area contributed by atoms with E-state index in [1.807, 2.05) is 12.1 Å². The molecule has 0 N–H and O–H groups in total. The zero-order valence-corrected chi connectivity index (χ0v) is 18.4. The number of para-hydroxylation sites is 1. The molecule has 9 heteroatoms. The topological polar surface area (TPSA) is 92.5 Å². The molecule has 0 atom stereocenters. The molecule has 1 aromatic carbocycles. The summed E-state index contributed by atoms with van der Waals surface area (Å²) in [5, 5.41) is 0. The second kappa shape index (κ2) is 8.90. The number of hydrogen-bond acceptors (Lipinski definition) is 6. The molecule has 0 bridgehead atoms. The Morgan fingerprint density at radius 1 is 0.939 bits per heavy atom. The first-order valence-electron chi connectivity index (χ1n) is 11.3. The maximum Gasteiger partial charge on any atom is 0.289 e. The number of rotatable bonds is 3. The number of ether oxygens (including phenoxy) is 2. The third kappa shape index (κ3) is 4.32. The van der Waals surface area contributed by atoms with Crippen LogP contribution in [-0.2, 0) is 9.53 Å². The van der Waals surface area contributed by atoms with Crippen molar-refractivity contribution in [3.05, 3.63) is 54.0 Å². The van der Waals surface area contributed by atoms with Gasteiger partial charge in [-0.25, -0.2) is 0 Å². The van der Waals surface area contributed by atoms with Gasteiger partial charge in [-0.3, -0.25) is 14.4 Å². The number of fused-ring (bicyclic) bond motifs is 1. The summed E-state index contributed by atoms with van der Waals surface area (Å²) in [6.45, 7) is 3.11. The number of carbonyl (C=O) groups excluding carboxylic acids is 3. The van der Waals surface area contributed by atoms with Crippen LogP contribution in [0.3, 0.4) is 0 Å². The van der Waals surface area contributed by atoms with Gasteiger partial charge in [0.25, 0.3) is 11.8 Å². The average Bonchev–Trinajstić information content (AvgIpc) is 3.35. The first kappa shape index (κ1) is 21.5. The number of piperazine rings is 1. The Hall–Kier alpha value is -3.33. The lowest BCUT2D eigenvalue weighted by atomic mass is 9.93. The Labute approximate surface area is 191 Å². The van der Waals surface area contributed by atoms with Crippen LogP contribution in [0.2, 0.25) is 0 Å². The highest BCUT2D eigenvalue weighted by Crippen LogP contribution is 2.35. The smallest absolute Gasteiger partial charge is 0.289 e. The second-order valence-corrected chi connectivity index (χ2v) is 8.71. The van der Waals surface area contributed by atoms with E-state index in [4.69, 9.17) is 13.9 Å². The van der Waals surface area contributed by atoms with Crippen molar-refractivity contribution in [1.29, 1.82) is 0 Å². The number of furan rings is 1. The minimum absolute atomic E-state index is 0.0226. The summed E-state index contributed by atoms with van der Waals surface area (Å²) in [5.74, 6) is 0.351. The van der Waals surface area contributed by atoms with Crippen LogP contribution in [0.15, 0.2) is 47.1 Å². The predicted molar refractivity (Wildman–Crippen MR) is 117 cm³/mol. The molecule has 0 unspecified atom stereocenters. The van der Waals surface area contributed by atoms with E-state index in [2.05, 4.69) is 0 Å². The Balaban J connectivity index is 1.27. The van der Waals surface area contributed by atoms with Gasteiger partial charge in [0.15, 0.2) is 5.76 Å². The van der Waals surface area contributed by atoms with Gasteiger partial charge in [-0.15, -0.1) is 0 Å². The Morgan fingerprint density at radius 2 is 1.67 bits per heavy atom. The summed E-state index contributed by atoms with van der Waals surface area (Å²) in [4.78, 5) is 44.0. The van der Waals surface area contributed by atoms with Crippen molar-refractivity contribution < 1.29 is 28.3 Å². The van der Waals surface area contributed by atoms with Gasteiger partial charge in [0.1, 0.15) is 17.9 Å². The van der Waals surface area contributed by atoms with E-state index in [9.17, 15) is 14.4 Å². The Bertz CT molecular complexity index is 1020. The van der Waals surface area contributed by atoms with Crippen molar-refractivity contribution in [2.75, 3.05) is 52.5 Å². The van der Waals surface area contributed by atoms with Crippen molar-refractivity contribution in [3.8, 4) is 5.75 Å². The molecule has 5 rings (SSSR count). The van der Waals surface area contributed by atoms with E-state index in [0.29, 0.717) is 75.9 Å². The molecule has 0 radical (unpaired) electrons. The molecule has 2 fully saturated rings. The average molecular weight is 453 g/mol. The summed E-state index contributed by atoms with van der Waals surface area (Å²) in [5.41, 5.74) is -0.0860. The quantitative estimate of drug-likeness (QED) is 0.702. The summed E-state index contributed by atoms with van der Waals surface area (Å²) < 4.78 is 17.1. The molecule has 174 valence electrons. The van der Waals surface area contributed by atoms with Crippen LogP contribution < -0.4 is 4.74 Å². The van der Waals surface area contributed by atoms with Gasteiger partial charge >= 0.3 is 0 Å². The summed E-state index contributed by atoms with van der Waals surface area (Å²) in [7, 11) is 0. The number of carbonyl (C=O) groups is 3. The number of amides is 3. The lowest BCUT2D eigenvalue weighted by Crippen LogP contribution is -2.55. The third-order valence-corrected chi connectivity index (χ3v) is 6.59. The summed E-state index contributed by atoms with van der Waals surface area (Å²) in [6, 6.07) is 10.5. The molecular weight excluding hydrogens is 426 g/mol. The molecule has 1 spiro atoms. The highest BCUT2D eigenvalue weighted by atomic mass is 16.5. The highest BCUT2D eigenvalue weighted by molar-refractivity contribution is 5.99. The van der Waals surface area contributed by atoms with Crippen LogP contribution in [0.25, 0.3) is 0 Å². The van der Waals surface area contributed by atoms with Gasteiger partial charge in [0.05, 0.1) is 31.6 Å². The molecular formula is C24H27N3O6. The van der Waals surface area contributed by atoms with E-state index in [1.165, 1.54) is 6.26 Å². The van der Waals surface area contributed by atoms with Crippen LogP contribution in [0.4, 0.5) is 0 Å². The van der Waals surface area contributed by atoms with Gasteiger partial charge in [0.2, 0.25) is 5.91 Å². The van der Waals surface area contributed by atoms with Crippen LogP contribution in [0, 0.1) is 0 Å². The van der Waals surface area contributed by atoms with Gasteiger partial charge in [-0.2, -0.15) is 0 Å². The molecule has 33 heavy (non-hydrogen) atoms. The fourth-order valence-corrected chi connectivity index (χ4v) is 4.70. The van der Waals surface area contributed by atoms with E-state index >= 15 is 0 Å². The summed E-state index contributed by atoms with van der Waals surface area (Å²) >= 11 is 0. The molecule has 1 aromatic heterocycles. The van der Waals surface area contributed by atoms with Crippen molar-refractivity contribution in [3.63, 3.8) is 0 Å². The molecule has 2 saturated heterocycles. The molecule has 9 nitrogen and oxygen atoms in total. The third-order valence-electron chi connectivity index (χ3n) is 6.59. The molecule has 4 heterocycles. The van der Waals surface area contributed by atoms with E-state index in [1.54, 1.807) is 39.0 Å². The zero-order chi connectivity index (χ0) is 22.8. The number of hydrogen-bond donors (Lipinski definition) is 0. The normalized spacial score (nSPS) is 20.2. The standard InChI is InChI=1S/C24H27N3O6/c28-21(25-9-11-26(12-10-25)23(30)20-6-3-13-32-20)16-27-17-24(7-14-31-15-8-24)33-19-5-2-1-4-18(19)22(27)29/h1-6,13H,7-12,14-17H2. The number of benzene rings is 1. The van der Waals surface area contributed by atoms with Gasteiger partial charge < -0.3 is 28.6 Å². The molecule has 3 aliphatic rings. The largest absolute Gasteiger partial charge is 0.484 e.